The largest absolute Gasteiger partial charge is 0.307 e. The summed E-state index contributed by atoms with van der Waals surface area (Å²) in [5.41, 5.74) is 0. The van der Waals surface area contributed by atoms with Crippen LogP contribution in [0.5, 0.6) is 0 Å². The summed E-state index contributed by atoms with van der Waals surface area (Å²) in [6, 6.07) is 0. The van der Waals surface area contributed by atoms with E-state index in [4.69, 9.17) is 4.99 Å². The first-order valence-corrected chi connectivity index (χ1v) is 14.9. The Kier molecular flexibility index (Phi) is 18.2. The first kappa shape index (κ1) is 30.9. The zero-order chi connectivity index (χ0) is 24.9. The van der Waals surface area contributed by atoms with E-state index in [1.54, 1.807) is 6.92 Å². The molecule has 1 aliphatic heterocycles. The molecule has 0 saturated heterocycles. The fraction of sp³-hybridized carbons (Fsp3) is 0.867. The first-order valence-electron chi connectivity index (χ1n) is 14.9. The van der Waals surface area contributed by atoms with Crippen molar-refractivity contribution in [1.82, 2.24) is 5.32 Å². The smallest absolute Gasteiger partial charge is 0.221 e. The van der Waals surface area contributed by atoms with Gasteiger partial charge in [-0.25, -0.2) is 4.99 Å². The van der Waals surface area contributed by atoms with Crippen molar-refractivity contribution < 1.29 is 9.28 Å². The van der Waals surface area contributed by atoms with Crippen LogP contribution >= 0.6 is 0 Å². The summed E-state index contributed by atoms with van der Waals surface area (Å²) in [5, 5.41) is 3.12. The second-order valence-corrected chi connectivity index (χ2v) is 10.6. The Morgan fingerprint density at radius 2 is 1.38 bits per heavy atom. The molecule has 1 amide bonds. The van der Waals surface area contributed by atoms with Gasteiger partial charge in [-0.2, -0.15) is 0 Å². The van der Waals surface area contributed by atoms with Gasteiger partial charge in [-0.1, -0.05) is 96.1 Å². The van der Waals surface area contributed by atoms with Gasteiger partial charge in [-0.05, 0) is 39.0 Å². The van der Waals surface area contributed by atoms with Crippen LogP contribution in [0.3, 0.4) is 0 Å². The summed E-state index contributed by atoms with van der Waals surface area (Å²) in [5.74, 6) is 0.0597. The van der Waals surface area contributed by atoms with Gasteiger partial charge in [0, 0.05) is 20.3 Å². The highest BCUT2D eigenvalue weighted by molar-refractivity contribution is 5.73. The molecule has 0 radical (unpaired) electrons. The van der Waals surface area contributed by atoms with E-state index in [1.807, 2.05) is 0 Å². The maximum Gasteiger partial charge on any atom is 0.221 e. The third-order valence-corrected chi connectivity index (χ3v) is 7.79. The fourth-order valence-corrected chi connectivity index (χ4v) is 5.46. The van der Waals surface area contributed by atoms with Crippen molar-refractivity contribution in [3.63, 3.8) is 0 Å². The monoisotopic (exact) mass is 476 g/mol. The van der Waals surface area contributed by atoms with Gasteiger partial charge in [0.1, 0.15) is 6.54 Å². The average Bonchev–Trinajstić information content (AvgIpc) is 3.24. The van der Waals surface area contributed by atoms with Gasteiger partial charge in [0.2, 0.25) is 5.91 Å². The Hall–Kier alpha value is -1.16. The third kappa shape index (κ3) is 13.1. The second kappa shape index (κ2) is 20.1. The van der Waals surface area contributed by atoms with Gasteiger partial charge in [0.15, 0.2) is 12.3 Å². The lowest BCUT2D eigenvalue weighted by atomic mass is 10.0. The molecule has 0 spiro atoms. The zero-order valence-electron chi connectivity index (χ0n) is 23.3. The average molecular weight is 477 g/mol. The minimum atomic E-state index is 0.0597. The Bertz CT molecular complexity index is 559. The number of unbranched alkanes of at least 4 members (excludes halogenated alkanes) is 15. The molecule has 198 valence electrons. The van der Waals surface area contributed by atoms with Crippen molar-refractivity contribution in [2.75, 3.05) is 13.1 Å². The summed E-state index contributed by atoms with van der Waals surface area (Å²) in [6.45, 7) is 10.2. The molecule has 1 heterocycles. The highest BCUT2D eigenvalue weighted by Gasteiger charge is 2.42. The quantitative estimate of drug-likeness (QED) is 0.0952. The molecule has 0 aromatic rings. The lowest BCUT2D eigenvalue weighted by Crippen LogP contribution is -2.63. The van der Waals surface area contributed by atoms with Crippen molar-refractivity contribution in [1.29, 1.82) is 0 Å². The van der Waals surface area contributed by atoms with E-state index in [0.717, 1.165) is 24.0 Å². The SMILES string of the molecule is CCCCCCC/C=C/CCCCCCCCCCCCC1N=CC[N+]1(CC)C(C)NC(C)=O. The van der Waals surface area contributed by atoms with Crippen LogP contribution in [0, 0.1) is 0 Å². The summed E-state index contributed by atoms with van der Waals surface area (Å²) < 4.78 is 0.883. The van der Waals surface area contributed by atoms with E-state index in [9.17, 15) is 4.79 Å². The van der Waals surface area contributed by atoms with Crippen molar-refractivity contribution in [2.45, 2.75) is 156 Å². The van der Waals surface area contributed by atoms with Crippen molar-refractivity contribution >= 4 is 12.1 Å². The topological polar surface area (TPSA) is 41.5 Å². The number of quaternary nitrogens is 1. The number of aliphatic imine (C=N–C) groups is 1. The van der Waals surface area contributed by atoms with Crippen LogP contribution < -0.4 is 5.32 Å². The maximum absolute atomic E-state index is 11.6. The van der Waals surface area contributed by atoms with E-state index in [-0.39, 0.29) is 12.1 Å². The van der Waals surface area contributed by atoms with E-state index in [0.29, 0.717) is 6.17 Å². The number of allylic oxidation sites excluding steroid dienone is 2. The molecule has 1 N–H and O–H groups in total. The molecule has 0 fully saturated rings. The van der Waals surface area contributed by atoms with Crippen LogP contribution in [0.15, 0.2) is 17.1 Å². The fourth-order valence-electron chi connectivity index (χ4n) is 5.46. The van der Waals surface area contributed by atoms with E-state index >= 15 is 0 Å². The summed E-state index contributed by atoms with van der Waals surface area (Å²) >= 11 is 0. The van der Waals surface area contributed by atoms with Gasteiger partial charge < -0.3 is 5.32 Å². The molecule has 3 atom stereocenters. The van der Waals surface area contributed by atoms with Crippen molar-refractivity contribution in [3.8, 4) is 0 Å². The molecule has 0 saturated carbocycles. The van der Waals surface area contributed by atoms with Gasteiger partial charge in [-0.3, -0.25) is 9.28 Å². The van der Waals surface area contributed by atoms with Crippen molar-refractivity contribution in [3.05, 3.63) is 12.2 Å². The summed E-state index contributed by atoms with van der Waals surface area (Å²) in [7, 11) is 0. The number of hydrogen-bond donors (Lipinski definition) is 1. The first-order chi connectivity index (χ1) is 16.6. The molecular formula is C30H58N3O+. The van der Waals surface area contributed by atoms with Crippen LogP contribution in [0.4, 0.5) is 0 Å². The molecule has 34 heavy (non-hydrogen) atoms. The molecule has 0 aromatic heterocycles. The molecule has 3 unspecified atom stereocenters. The van der Waals surface area contributed by atoms with Gasteiger partial charge in [-0.15, -0.1) is 0 Å². The molecule has 1 aliphatic rings. The van der Waals surface area contributed by atoms with Gasteiger partial charge in [0.05, 0.1) is 12.8 Å². The Labute approximate surface area is 212 Å². The van der Waals surface area contributed by atoms with Crippen LogP contribution in [-0.4, -0.2) is 42.0 Å². The highest BCUT2D eigenvalue weighted by Crippen LogP contribution is 2.27. The number of amides is 1. The minimum absolute atomic E-state index is 0.0597. The van der Waals surface area contributed by atoms with Crippen LogP contribution in [0.1, 0.15) is 143 Å². The Morgan fingerprint density at radius 3 is 1.88 bits per heavy atom. The van der Waals surface area contributed by atoms with Crippen LogP contribution in [-0.2, 0) is 4.79 Å². The molecule has 0 aliphatic carbocycles. The van der Waals surface area contributed by atoms with Crippen molar-refractivity contribution in [2.24, 2.45) is 4.99 Å². The summed E-state index contributed by atoms with van der Waals surface area (Å²) in [6.07, 6.45) is 31.7. The number of rotatable bonds is 22. The lowest BCUT2D eigenvalue weighted by molar-refractivity contribution is -0.959. The lowest BCUT2D eigenvalue weighted by Gasteiger charge is -2.42. The van der Waals surface area contributed by atoms with Gasteiger partial charge >= 0.3 is 0 Å². The molecule has 1 rings (SSSR count). The second-order valence-electron chi connectivity index (χ2n) is 10.6. The number of nitrogens with one attached hydrogen (secondary N) is 1. The summed E-state index contributed by atoms with van der Waals surface area (Å²) in [4.78, 5) is 16.4. The Balaban J connectivity index is 1.95. The minimum Gasteiger partial charge on any atom is -0.307 e. The predicted octanol–water partition coefficient (Wildman–Crippen LogP) is 8.31. The highest BCUT2D eigenvalue weighted by atomic mass is 16.1. The molecule has 4 heteroatoms. The standard InChI is InChI=1S/C30H57N3O/c1-5-7-8-9-10-11-12-13-14-15-16-17-18-19-20-21-22-23-24-25-30-31-26-27-33(30,6-2)28(3)32-29(4)34/h12-13,26,28,30H,5-11,14-25,27H2,1-4H3/p+1/b13-12+. The number of hydrogen-bond acceptors (Lipinski definition) is 2. The Morgan fingerprint density at radius 1 is 0.882 bits per heavy atom. The zero-order valence-corrected chi connectivity index (χ0v) is 23.3. The molecule has 0 bridgehead atoms. The van der Waals surface area contributed by atoms with Crippen LogP contribution in [0.2, 0.25) is 0 Å². The molecular weight excluding hydrogens is 418 g/mol. The number of nitrogens with zero attached hydrogens (tertiary/aromatic N) is 2. The van der Waals surface area contributed by atoms with E-state index in [2.05, 4.69) is 44.5 Å². The van der Waals surface area contributed by atoms with Crippen LogP contribution in [0.25, 0.3) is 0 Å². The molecule has 0 aromatic carbocycles. The van der Waals surface area contributed by atoms with E-state index in [1.165, 1.54) is 109 Å². The maximum atomic E-state index is 11.6. The molecule has 4 nitrogen and oxygen atoms in total. The normalized spacial score (nSPS) is 20.9. The van der Waals surface area contributed by atoms with Gasteiger partial charge in [0.25, 0.3) is 0 Å². The number of carbonyl (C=O) groups excluding carboxylic acids is 1. The van der Waals surface area contributed by atoms with E-state index < -0.39 is 0 Å². The number of carbonyl (C=O) groups is 1. The predicted molar refractivity (Wildman–Crippen MR) is 149 cm³/mol. The third-order valence-electron chi connectivity index (χ3n) is 7.79.